The van der Waals surface area contributed by atoms with Crippen LogP contribution >= 0.6 is 0 Å². The van der Waals surface area contributed by atoms with Crippen LogP contribution in [0.3, 0.4) is 0 Å². The summed E-state index contributed by atoms with van der Waals surface area (Å²) in [7, 11) is 0. The van der Waals surface area contributed by atoms with Gasteiger partial charge in [-0.2, -0.15) is 0 Å². The number of aryl methyl sites for hydroxylation is 1. The molecule has 3 N–H and O–H groups in total. The summed E-state index contributed by atoms with van der Waals surface area (Å²) < 4.78 is 0. The first-order chi connectivity index (χ1) is 11.0. The molecule has 0 unspecified atom stereocenters. The zero-order chi connectivity index (χ0) is 16.7. The molecule has 0 saturated carbocycles. The third kappa shape index (κ3) is 5.28. The molecule has 0 aliphatic rings. The first-order valence-corrected chi connectivity index (χ1v) is 7.05. The molecule has 0 radical (unpaired) electrons. The zero-order valence-corrected chi connectivity index (χ0v) is 12.6. The molecule has 0 aliphatic carbocycles. The highest BCUT2D eigenvalue weighted by molar-refractivity contribution is 6.39. The van der Waals surface area contributed by atoms with Crippen LogP contribution in [-0.2, 0) is 14.4 Å². The second kappa shape index (κ2) is 7.74. The van der Waals surface area contributed by atoms with Crippen molar-refractivity contribution in [1.82, 2.24) is 5.32 Å². The quantitative estimate of drug-likeness (QED) is 0.751. The van der Waals surface area contributed by atoms with Crippen molar-refractivity contribution in [2.24, 2.45) is 0 Å². The van der Waals surface area contributed by atoms with Gasteiger partial charge in [0.25, 0.3) is 0 Å². The Balaban J connectivity index is 1.78. The van der Waals surface area contributed by atoms with Crippen LogP contribution in [0.25, 0.3) is 0 Å². The topological polar surface area (TPSA) is 87.3 Å². The smallest absolute Gasteiger partial charge is 0.313 e. The van der Waals surface area contributed by atoms with Crippen molar-refractivity contribution in [1.29, 1.82) is 0 Å². The molecule has 0 aliphatic heterocycles. The number of carbonyl (C=O) groups excluding carboxylic acids is 3. The minimum atomic E-state index is -0.867. The van der Waals surface area contributed by atoms with Crippen LogP contribution in [0.15, 0.2) is 54.6 Å². The van der Waals surface area contributed by atoms with Crippen LogP contribution in [0.2, 0.25) is 0 Å². The maximum absolute atomic E-state index is 11.7. The Hall–Kier alpha value is -3.15. The standard InChI is InChI=1S/C17H17N3O3/c1-12-7-9-14(10-8-12)20-17(23)16(22)18-11-15(21)19-13-5-3-2-4-6-13/h2-10H,11H2,1H3,(H,18,22)(H,19,21)(H,20,23). The predicted octanol–water partition coefficient (Wildman–Crippen LogP) is 1.69. The van der Waals surface area contributed by atoms with Gasteiger partial charge in [0, 0.05) is 11.4 Å². The van der Waals surface area contributed by atoms with Gasteiger partial charge in [-0.1, -0.05) is 35.9 Å². The molecule has 0 spiro atoms. The molecule has 23 heavy (non-hydrogen) atoms. The number of amides is 3. The first kappa shape index (κ1) is 16.2. The van der Waals surface area contributed by atoms with Crippen molar-refractivity contribution in [3.8, 4) is 0 Å². The SMILES string of the molecule is Cc1ccc(NC(=O)C(=O)NCC(=O)Nc2ccccc2)cc1. The van der Waals surface area contributed by atoms with E-state index in [2.05, 4.69) is 16.0 Å². The molecule has 6 nitrogen and oxygen atoms in total. The number of hydrogen-bond acceptors (Lipinski definition) is 3. The Morgan fingerprint density at radius 1 is 0.783 bits per heavy atom. The maximum Gasteiger partial charge on any atom is 0.313 e. The Labute approximate surface area is 133 Å². The monoisotopic (exact) mass is 311 g/mol. The fourth-order valence-electron chi connectivity index (χ4n) is 1.79. The summed E-state index contributed by atoms with van der Waals surface area (Å²) in [5, 5.41) is 7.34. The van der Waals surface area contributed by atoms with Crippen molar-refractivity contribution in [2.75, 3.05) is 17.2 Å². The van der Waals surface area contributed by atoms with Crippen LogP contribution in [0.5, 0.6) is 0 Å². The Morgan fingerprint density at radius 3 is 2.04 bits per heavy atom. The van der Waals surface area contributed by atoms with Gasteiger partial charge >= 0.3 is 11.8 Å². The number of hydrogen-bond donors (Lipinski definition) is 3. The molecule has 2 rings (SSSR count). The number of benzene rings is 2. The zero-order valence-electron chi connectivity index (χ0n) is 12.6. The molecule has 3 amide bonds. The summed E-state index contributed by atoms with van der Waals surface area (Å²) in [6.07, 6.45) is 0. The molecule has 0 heterocycles. The lowest BCUT2D eigenvalue weighted by Crippen LogP contribution is -2.39. The lowest BCUT2D eigenvalue weighted by Gasteiger charge is -2.07. The summed E-state index contributed by atoms with van der Waals surface area (Å²) in [6.45, 7) is 1.64. The van der Waals surface area contributed by atoms with Gasteiger partial charge in [0.05, 0.1) is 6.54 Å². The number of anilines is 2. The molecule has 0 aromatic heterocycles. The van der Waals surface area contributed by atoms with E-state index in [1.807, 2.05) is 25.1 Å². The van der Waals surface area contributed by atoms with E-state index in [-0.39, 0.29) is 6.54 Å². The molecule has 0 saturated heterocycles. The highest BCUT2D eigenvalue weighted by atomic mass is 16.2. The molecule has 6 heteroatoms. The van der Waals surface area contributed by atoms with E-state index in [0.29, 0.717) is 11.4 Å². The number of rotatable bonds is 4. The minimum absolute atomic E-state index is 0.283. The molecule has 118 valence electrons. The normalized spacial score (nSPS) is 9.78. The van der Waals surface area contributed by atoms with Crippen molar-refractivity contribution in [3.63, 3.8) is 0 Å². The van der Waals surface area contributed by atoms with E-state index in [0.717, 1.165) is 5.56 Å². The summed E-state index contributed by atoms with van der Waals surface area (Å²) in [5.41, 5.74) is 2.19. The minimum Gasteiger partial charge on any atom is -0.339 e. The second-order valence-electron chi connectivity index (χ2n) is 4.92. The lowest BCUT2D eigenvalue weighted by atomic mass is 10.2. The van der Waals surface area contributed by atoms with E-state index in [4.69, 9.17) is 0 Å². The molecule has 0 bridgehead atoms. The van der Waals surface area contributed by atoms with Crippen molar-refractivity contribution >= 4 is 29.1 Å². The lowest BCUT2D eigenvalue weighted by molar-refractivity contribution is -0.136. The van der Waals surface area contributed by atoms with E-state index in [9.17, 15) is 14.4 Å². The van der Waals surface area contributed by atoms with Gasteiger partial charge in [-0.25, -0.2) is 0 Å². The molecule has 2 aromatic carbocycles. The van der Waals surface area contributed by atoms with Gasteiger partial charge in [0.1, 0.15) is 0 Å². The van der Waals surface area contributed by atoms with E-state index >= 15 is 0 Å². The summed E-state index contributed by atoms with van der Waals surface area (Å²) in [5.74, 6) is -2.09. The fourth-order valence-corrected chi connectivity index (χ4v) is 1.79. The number of carbonyl (C=O) groups is 3. The van der Waals surface area contributed by atoms with Gasteiger partial charge in [0.2, 0.25) is 5.91 Å². The van der Waals surface area contributed by atoms with Gasteiger partial charge in [-0.15, -0.1) is 0 Å². The number of para-hydroxylation sites is 1. The van der Waals surface area contributed by atoms with Gasteiger partial charge in [-0.3, -0.25) is 14.4 Å². The third-order valence-electron chi connectivity index (χ3n) is 2.98. The fraction of sp³-hybridized carbons (Fsp3) is 0.118. The van der Waals surface area contributed by atoms with Gasteiger partial charge in [0.15, 0.2) is 0 Å². The first-order valence-electron chi connectivity index (χ1n) is 7.05. The van der Waals surface area contributed by atoms with Gasteiger partial charge < -0.3 is 16.0 Å². The molecule has 2 aromatic rings. The van der Waals surface area contributed by atoms with E-state index in [1.54, 1.807) is 36.4 Å². The highest BCUT2D eigenvalue weighted by Gasteiger charge is 2.14. The third-order valence-corrected chi connectivity index (χ3v) is 2.98. The van der Waals surface area contributed by atoms with Crippen LogP contribution in [0, 0.1) is 6.92 Å². The van der Waals surface area contributed by atoms with E-state index in [1.165, 1.54) is 0 Å². The summed E-state index contributed by atoms with van der Waals surface area (Å²) >= 11 is 0. The van der Waals surface area contributed by atoms with Crippen LogP contribution in [0.4, 0.5) is 11.4 Å². The average molecular weight is 311 g/mol. The largest absolute Gasteiger partial charge is 0.339 e. The van der Waals surface area contributed by atoms with E-state index < -0.39 is 17.7 Å². The molecule has 0 fully saturated rings. The van der Waals surface area contributed by atoms with Crippen LogP contribution in [-0.4, -0.2) is 24.3 Å². The summed E-state index contributed by atoms with van der Waals surface area (Å²) in [4.78, 5) is 35.1. The second-order valence-corrected chi connectivity index (χ2v) is 4.92. The number of nitrogens with one attached hydrogen (secondary N) is 3. The highest BCUT2D eigenvalue weighted by Crippen LogP contribution is 2.08. The Morgan fingerprint density at radius 2 is 1.39 bits per heavy atom. The van der Waals surface area contributed by atoms with Crippen LogP contribution < -0.4 is 16.0 Å². The van der Waals surface area contributed by atoms with Crippen molar-refractivity contribution in [3.05, 3.63) is 60.2 Å². The molecule has 0 atom stereocenters. The molecular formula is C17H17N3O3. The maximum atomic E-state index is 11.7. The summed E-state index contributed by atoms with van der Waals surface area (Å²) in [6, 6.07) is 15.9. The van der Waals surface area contributed by atoms with Gasteiger partial charge in [-0.05, 0) is 31.2 Å². The van der Waals surface area contributed by atoms with Crippen molar-refractivity contribution < 1.29 is 14.4 Å². The van der Waals surface area contributed by atoms with Crippen molar-refractivity contribution in [2.45, 2.75) is 6.92 Å². The Bertz CT molecular complexity index is 697. The Kier molecular flexibility index (Phi) is 5.46. The predicted molar refractivity (Wildman–Crippen MR) is 87.9 cm³/mol. The van der Waals surface area contributed by atoms with Crippen LogP contribution in [0.1, 0.15) is 5.56 Å². The average Bonchev–Trinajstić information content (AvgIpc) is 2.55. The molecular weight excluding hydrogens is 294 g/mol.